The standard InChI is InChI=1S/C13H15F3N6O.2ClH/c1-12(2,17)7-19-11(23)9-6-22(21-20-9)10-4-3-8(5-18-10)13(14,15)16;;/h3-6H,7,17H2,1-2H3,(H,19,23);2*1H. The van der Waals surface area contributed by atoms with Crippen LogP contribution < -0.4 is 11.1 Å². The Hall–Kier alpha value is -1.91. The van der Waals surface area contributed by atoms with E-state index in [0.717, 1.165) is 16.8 Å². The highest BCUT2D eigenvalue weighted by molar-refractivity contribution is 5.91. The van der Waals surface area contributed by atoms with Crippen molar-refractivity contribution < 1.29 is 18.0 Å². The van der Waals surface area contributed by atoms with Gasteiger partial charge in [0.15, 0.2) is 11.5 Å². The predicted molar refractivity (Wildman–Crippen MR) is 89.3 cm³/mol. The van der Waals surface area contributed by atoms with Crippen LogP contribution in [0.5, 0.6) is 0 Å². The number of nitrogens with one attached hydrogen (secondary N) is 1. The lowest BCUT2D eigenvalue weighted by atomic mass is 10.1. The molecule has 140 valence electrons. The topological polar surface area (TPSA) is 98.7 Å². The van der Waals surface area contributed by atoms with E-state index in [-0.39, 0.29) is 42.9 Å². The molecule has 3 N–H and O–H groups in total. The SMILES string of the molecule is CC(C)(N)CNC(=O)c1cn(-c2ccc(C(F)(F)F)cn2)nn1.Cl.Cl. The van der Waals surface area contributed by atoms with Gasteiger partial charge in [-0.25, -0.2) is 9.67 Å². The largest absolute Gasteiger partial charge is 0.417 e. The Morgan fingerprint density at radius 3 is 2.40 bits per heavy atom. The minimum Gasteiger partial charge on any atom is -0.349 e. The predicted octanol–water partition coefficient (Wildman–Crippen LogP) is 1.99. The van der Waals surface area contributed by atoms with Gasteiger partial charge in [0.05, 0.1) is 11.8 Å². The third-order valence-corrected chi connectivity index (χ3v) is 2.74. The van der Waals surface area contributed by atoms with Crippen LogP contribution in [0, 0.1) is 0 Å². The molecule has 0 spiro atoms. The molecule has 0 saturated heterocycles. The molecular formula is C13H17Cl2F3N6O. The maximum Gasteiger partial charge on any atom is 0.417 e. The monoisotopic (exact) mass is 400 g/mol. The van der Waals surface area contributed by atoms with Crippen molar-refractivity contribution in [3.05, 3.63) is 35.8 Å². The molecule has 1 amide bonds. The zero-order valence-corrected chi connectivity index (χ0v) is 14.9. The van der Waals surface area contributed by atoms with E-state index >= 15 is 0 Å². The van der Waals surface area contributed by atoms with E-state index in [2.05, 4.69) is 20.6 Å². The summed E-state index contributed by atoms with van der Waals surface area (Å²) < 4.78 is 38.5. The van der Waals surface area contributed by atoms with E-state index < -0.39 is 23.2 Å². The molecule has 2 aromatic heterocycles. The molecule has 2 heterocycles. The maximum atomic E-state index is 12.5. The molecule has 0 aliphatic carbocycles. The average molecular weight is 401 g/mol. The van der Waals surface area contributed by atoms with E-state index in [1.165, 1.54) is 6.20 Å². The summed E-state index contributed by atoms with van der Waals surface area (Å²) >= 11 is 0. The van der Waals surface area contributed by atoms with Crippen molar-refractivity contribution in [3.8, 4) is 5.82 Å². The molecule has 0 aromatic carbocycles. The molecule has 0 saturated carbocycles. The van der Waals surface area contributed by atoms with Gasteiger partial charge in [0.1, 0.15) is 0 Å². The van der Waals surface area contributed by atoms with Gasteiger partial charge in [-0.1, -0.05) is 5.21 Å². The van der Waals surface area contributed by atoms with Crippen LogP contribution in [-0.2, 0) is 6.18 Å². The van der Waals surface area contributed by atoms with Crippen LogP contribution in [0.15, 0.2) is 24.5 Å². The second kappa shape index (κ2) is 8.45. The molecule has 0 aliphatic rings. The van der Waals surface area contributed by atoms with E-state index in [1.54, 1.807) is 13.8 Å². The summed E-state index contributed by atoms with van der Waals surface area (Å²) in [4.78, 5) is 15.5. The van der Waals surface area contributed by atoms with Gasteiger partial charge in [0.25, 0.3) is 5.91 Å². The molecule has 2 aromatic rings. The fourth-order valence-electron chi connectivity index (χ4n) is 1.57. The summed E-state index contributed by atoms with van der Waals surface area (Å²) in [7, 11) is 0. The van der Waals surface area contributed by atoms with Gasteiger partial charge in [0.2, 0.25) is 0 Å². The Labute approximate surface area is 154 Å². The number of nitrogens with two attached hydrogens (primary N) is 1. The first kappa shape index (κ1) is 23.1. The third-order valence-electron chi connectivity index (χ3n) is 2.74. The van der Waals surface area contributed by atoms with Crippen molar-refractivity contribution in [2.75, 3.05) is 6.54 Å². The fraction of sp³-hybridized carbons (Fsp3) is 0.385. The van der Waals surface area contributed by atoms with Crippen molar-refractivity contribution in [2.45, 2.75) is 25.6 Å². The molecule has 0 bridgehead atoms. The summed E-state index contributed by atoms with van der Waals surface area (Å²) in [5, 5.41) is 9.92. The molecular weight excluding hydrogens is 384 g/mol. The van der Waals surface area contributed by atoms with Crippen LogP contribution >= 0.6 is 24.8 Å². The lowest BCUT2D eigenvalue weighted by molar-refractivity contribution is -0.137. The molecule has 0 unspecified atom stereocenters. The van der Waals surface area contributed by atoms with Crippen molar-refractivity contribution in [1.29, 1.82) is 0 Å². The van der Waals surface area contributed by atoms with Crippen LogP contribution in [-0.4, -0.2) is 38.0 Å². The maximum absolute atomic E-state index is 12.5. The number of amides is 1. The highest BCUT2D eigenvalue weighted by atomic mass is 35.5. The number of pyridine rings is 1. The van der Waals surface area contributed by atoms with Gasteiger partial charge < -0.3 is 11.1 Å². The minimum atomic E-state index is -4.46. The minimum absolute atomic E-state index is 0. The zero-order valence-electron chi connectivity index (χ0n) is 13.2. The van der Waals surface area contributed by atoms with Crippen molar-refractivity contribution in [3.63, 3.8) is 0 Å². The number of aromatic nitrogens is 4. The molecule has 0 aliphatic heterocycles. The Balaban J connectivity index is 0.00000288. The molecule has 25 heavy (non-hydrogen) atoms. The van der Waals surface area contributed by atoms with E-state index in [1.807, 2.05) is 0 Å². The Morgan fingerprint density at radius 2 is 1.92 bits per heavy atom. The van der Waals surface area contributed by atoms with Crippen LogP contribution in [0.25, 0.3) is 5.82 Å². The molecule has 0 radical (unpaired) electrons. The first-order valence-electron chi connectivity index (χ1n) is 6.59. The van der Waals surface area contributed by atoms with E-state index in [4.69, 9.17) is 5.73 Å². The van der Waals surface area contributed by atoms with Gasteiger partial charge in [-0.2, -0.15) is 13.2 Å². The van der Waals surface area contributed by atoms with Crippen molar-refractivity contribution in [1.82, 2.24) is 25.3 Å². The molecule has 7 nitrogen and oxygen atoms in total. The van der Waals surface area contributed by atoms with Gasteiger partial charge in [0, 0.05) is 18.3 Å². The van der Waals surface area contributed by atoms with Crippen molar-refractivity contribution in [2.24, 2.45) is 5.73 Å². The summed E-state index contributed by atoms with van der Waals surface area (Å²) in [6.07, 6.45) is -2.50. The van der Waals surface area contributed by atoms with Gasteiger partial charge >= 0.3 is 6.18 Å². The third kappa shape index (κ3) is 6.48. The number of rotatable bonds is 4. The summed E-state index contributed by atoms with van der Waals surface area (Å²) in [5.41, 5.74) is 4.31. The number of alkyl halides is 3. The summed E-state index contributed by atoms with van der Waals surface area (Å²) in [6, 6.07) is 2.02. The molecule has 2 rings (SSSR count). The number of hydrogen-bond acceptors (Lipinski definition) is 5. The second-order valence-corrected chi connectivity index (χ2v) is 5.62. The summed E-state index contributed by atoms with van der Waals surface area (Å²) in [5.74, 6) is -0.370. The van der Waals surface area contributed by atoms with Gasteiger partial charge in [-0.05, 0) is 26.0 Å². The second-order valence-electron chi connectivity index (χ2n) is 5.62. The number of carbonyl (C=O) groups excluding carboxylic acids is 1. The summed E-state index contributed by atoms with van der Waals surface area (Å²) in [6.45, 7) is 3.73. The average Bonchev–Trinajstić information content (AvgIpc) is 2.93. The normalized spacial score (nSPS) is 11.3. The quantitative estimate of drug-likeness (QED) is 0.817. The van der Waals surface area contributed by atoms with Crippen LogP contribution in [0.3, 0.4) is 0 Å². The highest BCUT2D eigenvalue weighted by Crippen LogP contribution is 2.28. The lowest BCUT2D eigenvalue weighted by Gasteiger charge is -2.18. The number of carbonyl (C=O) groups is 1. The zero-order chi connectivity index (χ0) is 17.3. The number of halogens is 5. The van der Waals surface area contributed by atoms with Crippen LogP contribution in [0.2, 0.25) is 0 Å². The molecule has 12 heteroatoms. The van der Waals surface area contributed by atoms with E-state index in [9.17, 15) is 18.0 Å². The number of nitrogens with zero attached hydrogens (tertiary/aromatic N) is 4. The van der Waals surface area contributed by atoms with Gasteiger partial charge in [-0.3, -0.25) is 4.79 Å². The highest BCUT2D eigenvalue weighted by Gasteiger charge is 2.30. The fourth-order valence-corrected chi connectivity index (χ4v) is 1.57. The molecule has 0 atom stereocenters. The van der Waals surface area contributed by atoms with Crippen LogP contribution in [0.4, 0.5) is 13.2 Å². The molecule has 0 fully saturated rings. The van der Waals surface area contributed by atoms with Gasteiger partial charge in [-0.15, -0.1) is 29.9 Å². The number of hydrogen-bond donors (Lipinski definition) is 2. The van der Waals surface area contributed by atoms with Crippen molar-refractivity contribution >= 4 is 30.7 Å². The Kier molecular flexibility index (Phi) is 7.81. The Bertz CT molecular complexity index is 697. The van der Waals surface area contributed by atoms with E-state index in [0.29, 0.717) is 6.20 Å². The lowest BCUT2D eigenvalue weighted by Crippen LogP contribution is -2.45. The first-order chi connectivity index (χ1) is 10.6. The smallest absolute Gasteiger partial charge is 0.349 e. The Morgan fingerprint density at radius 1 is 1.28 bits per heavy atom. The van der Waals surface area contributed by atoms with Crippen LogP contribution in [0.1, 0.15) is 29.9 Å². The first-order valence-corrected chi connectivity index (χ1v) is 6.59.